The van der Waals surface area contributed by atoms with Crippen LogP contribution in [0.3, 0.4) is 0 Å². The van der Waals surface area contributed by atoms with Crippen LogP contribution in [-0.2, 0) is 29.7 Å². The van der Waals surface area contributed by atoms with E-state index in [2.05, 4.69) is 16.0 Å². The van der Waals surface area contributed by atoms with E-state index in [9.17, 15) is 13.2 Å². The fraction of sp³-hybridized carbons (Fsp3) is 0.647. The molecule has 1 amide bonds. The quantitative estimate of drug-likeness (QED) is 0.303. The van der Waals surface area contributed by atoms with Crippen LogP contribution in [0.4, 0.5) is 0 Å². The molecular formula is C34H50N4O6S. The topological polar surface area (TPSA) is 102 Å². The van der Waals surface area contributed by atoms with Gasteiger partial charge in [-0.1, -0.05) is 12.5 Å². The van der Waals surface area contributed by atoms with Crippen LogP contribution in [0.2, 0.25) is 0 Å². The number of carbonyl (C=O) groups excluding carboxylic acids is 1. The van der Waals surface area contributed by atoms with E-state index >= 15 is 0 Å². The van der Waals surface area contributed by atoms with Crippen molar-refractivity contribution in [2.75, 3.05) is 72.8 Å². The number of benzene rings is 1. The molecule has 45 heavy (non-hydrogen) atoms. The number of pyridine rings is 1. The second-order valence-corrected chi connectivity index (χ2v) is 14.7. The molecule has 0 saturated carbocycles. The predicted octanol–water partition coefficient (Wildman–Crippen LogP) is 3.94. The molecule has 11 heteroatoms. The second kappa shape index (κ2) is 15.3. The molecule has 0 unspecified atom stereocenters. The molecule has 5 rings (SSSR count). The number of aryl methyl sites for hydroxylation is 2. The van der Waals surface area contributed by atoms with Gasteiger partial charge in [-0.15, -0.1) is 0 Å². The van der Waals surface area contributed by atoms with Gasteiger partial charge in [0.25, 0.3) is 0 Å². The molecule has 0 aliphatic carbocycles. The van der Waals surface area contributed by atoms with Crippen LogP contribution < -0.4 is 4.74 Å². The van der Waals surface area contributed by atoms with Gasteiger partial charge in [0.1, 0.15) is 12.4 Å². The lowest BCUT2D eigenvalue weighted by atomic mass is 9.74. The lowest BCUT2D eigenvalue weighted by molar-refractivity contribution is -0.138. The first-order valence-electron chi connectivity index (χ1n) is 16.5. The van der Waals surface area contributed by atoms with Crippen LogP contribution in [0.25, 0.3) is 0 Å². The fourth-order valence-corrected chi connectivity index (χ4v) is 9.32. The van der Waals surface area contributed by atoms with E-state index in [0.717, 1.165) is 50.9 Å². The summed E-state index contributed by atoms with van der Waals surface area (Å²) in [5.41, 5.74) is 2.31. The van der Waals surface area contributed by atoms with Crippen LogP contribution >= 0.6 is 0 Å². The zero-order valence-corrected chi connectivity index (χ0v) is 28.0. The molecule has 3 fully saturated rings. The smallest absolute Gasteiger partial charge is 0.248 e. The molecule has 0 spiro atoms. The van der Waals surface area contributed by atoms with Crippen LogP contribution in [0.15, 0.2) is 41.6 Å². The highest BCUT2D eigenvalue weighted by molar-refractivity contribution is 7.89. The number of piperidine rings is 2. The Morgan fingerprint density at radius 1 is 1.00 bits per heavy atom. The number of rotatable bonds is 13. The second-order valence-electron chi connectivity index (χ2n) is 12.9. The summed E-state index contributed by atoms with van der Waals surface area (Å²) in [6.45, 7) is 10.0. The van der Waals surface area contributed by atoms with Gasteiger partial charge < -0.3 is 24.0 Å². The average molecular weight is 643 g/mol. The number of aromatic nitrogens is 1. The Hall–Kier alpha value is -2.57. The van der Waals surface area contributed by atoms with Crippen molar-refractivity contribution in [2.45, 2.75) is 75.1 Å². The maximum absolute atomic E-state index is 13.9. The molecule has 3 saturated heterocycles. The fourth-order valence-electron chi connectivity index (χ4n) is 7.23. The lowest BCUT2D eigenvalue weighted by Crippen LogP contribution is -2.49. The zero-order valence-electron chi connectivity index (χ0n) is 27.2. The Bertz CT molecular complexity index is 1350. The molecular weight excluding hydrogens is 592 g/mol. The van der Waals surface area contributed by atoms with Gasteiger partial charge in [-0.2, -0.15) is 4.31 Å². The molecule has 1 aromatic heterocycles. The molecule has 3 aliphatic rings. The molecule has 1 aromatic carbocycles. The SMILES string of the molecule is COc1cc(C)c(S(=O)(=O)N2CCCC[C@H]2COCC(=O)N2CCC(COCCN3CCCC3)(c3cccnc3)CC2)c(C)c1. The highest BCUT2D eigenvalue weighted by Gasteiger charge is 2.39. The summed E-state index contributed by atoms with van der Waals surface area (Å²) in [5, 5.41) is 0. The summed E-state index contributed by atoms with van der Waals surface area (Å²) in [6, 6.07) is 7.30. The Morgan fingerprint density at radius 3 is 2.38 bits per heavy atom. The Balaban J connectivity index is 1.15. The van der Waals surface area contributed by atoms with Crippen LogP contribution in [0.5, 0.6) is 5.75 Å². The molecule has 10 nitrogen and oxygen atoms in total. The molecule has 2 aromatic rings. The number of amides is 1. The van der Waals surface area contributed by atoms with E-state index < -0.39 is 10.0 Å². The number of carbonyl (C=O) groups is 1. The van der Waals surface area contributed by atoms with Gasteiger partial charge >= 0.3 is 0 Å². The first kappa shape index (κ1) is 33.8. The third-order valence-corrected chi connectivity index (χ3v) is 12.1. The number of methoxy groups -OCH3 is 1. The van der Waals surface area contributed by atoms with Crippen molar-refractivity contribution in [1.29, 1.82) is 0 Å². The van der Waals surface area contributed by atoms with E-state index in [1.807, 2.05) is 17.2 Å². The van der Waals surface area contributed by atoms with Gasteiger partial charge in [-0.3, -0.25) is 9.78 Å². The Morgan fingerprint density at radius 2 is 1.71 bits per heavy atom. The van der Waals surface area contributed by atoms with E-state index in [0.29, 0.717) is 61.0 Å². The highest BCUT2D eigenvalue weighted by atomic mass is 32.2. The predicted molar refractivity (Wildman–Crippen MR) is 173 cm³/mol. The summed E-state index contributed by atoms with van der Waals surface area (Å²) in [4.78, 5) is 22.3. The molecule has 248 valence electrons. The molecule has 0 bridgehead atoms. The normalized spacial score (nSPS) is 21.2. The van der Waals surface area contributed by atoms with Crippen molar-refractivity contribution in [2.24, 2.45) is 0 Å². The molecule has 0 N–H and O–H groups in total. The molecule has 1 atom stereocenters. The van der Waals surface area contributed by atoms with Crippen molar-refractivity contribution >= 4 is 15.9 Å². The van der Waals surface area contributed by atoms with Gasteiger partial charge in [0, 0.05) is 50.0 Å². The summed E-state index contributed by atoms with van der Waals surface area (Å²) in [5.74, 6) is 0.582. The first-order chi connectivity index (χ1) is 21.7. The zero-order chi connectivity index (χ0) is 31.9. The van der Waals surface area contributed by atoms with Crippen LogP contribution in [0, 0.1) is 13.8 Å². The molecule has 0 radical (unpaired) electrons. The van der Waals surface area contributed by atoms with Crippen molar-refractivity contribution < 1.29 is 27.4 Å². The summed E-state index contributed by atoms with van der Waals surface area (Å²) < 4.78 is 46.8. The van der Waals surface area contributed by atoms with Gasteiger partial charge in [-0.05, 0) is 100 Å². The summed E-state index contributed by atoms with van der Waals surface area (Å²) in [6.07, 6.45) is 10.3. The van der Waals surface area contributed by atoms with Crippen LogP contribution in [0.1, 0.15) is 61.6 Å². The van der Waals surface area contributed by atoms with E-state index in [1.54, 1.807) is 43.6 Å². The van der Waals surface area contributed by atoms with E-state index in [4.69, 9.17) is 14.2 Å². The van der Waals surface area contributed by atoms with Gasteiger partial charge in [0.05, 0.1) is 31.8 Å². The number of hydrogen-bond donors (Lipinski definition) is 0. The Kier molecular flexibility index (Phi) is 11.5. The molecule has 4 heterocycles. The third kappa shape index (κ3) is 8.05. The van der Waals surface area contributed by atoms with Gasteiger partial charge in [0.2, 0.25) is 15.9 Å². The van der Waals surface area contributed by atoms with E-state index in [-0.39, 0.29) is 30.6 Å². The van der Waals surface area contributed by atoms with Gasteiger partial charge in [-0.25, -0.2) is 8.42 Å². The standard InChI is InChI=1S/C34H50N4O6S/c1-27-21-31(42-3)22-28(2)33(27)45(40,41)38-16-5-4-10-30(38)24-44-25-32(39)37-17-11-34(12-18-37,29-9-8-13-35-23-29)26-43-20-19-36-14-6-7-15-36/h8-9,13,21-23,30H,4-7,10-12,14-20,24-26H2,1-3H3/t30-/m0/s1. The van der Waals surface area contributed by atoms with E-state index in [1.165, 1.54) is 12.8 Å². The first-order valence-corrected chi connectivity index (χ1v) is 17.9. The number of ether oxygens (including phenoxy) is 3. The largest absolute Gasteiger partial charge is 0.497 e. The van der Waals surface area contributed by atoms with Crippen molar-refractivity contribution in [3.05, 3.63) is 53.3 Å². The Labute approximate surface area is 269 Å². The third-order valence-electron chi connectivity index (χ3n) is 9.82. The number of nitrogens with zero attached hydrogens (tertiary/aromatic N) is 4. The maximum Gasteiger partial charge on any atom is 0.248 e. The van der Waals surface area contributed by atoms with Crippen molar-refractivity contribution in [3.63, 3.8) is 0 Å². The molecule has 3 aliphatic heterocycles. The summed E-state index contributed by atoms with van der Waals surface area (Å²) >= 11 is 0. The lowest BCUT2D eigenvalue weighted by Gasteiger charge is -2.42. The minimum Gasteiger partial charge on any atom is -0.497 e. The van der Waals surface area contributed by atoms with Crippen molar-refractivity contribution in [1.82, 2.24) is 19.1 Å². The number of likely N-dealkylation sites (tertiary alicyclic amines) is 2. The van der Waals surface area contributed by atoms with Crippen LogP contribution in [-0.4, -0.2) is 112 Å². The van der Waals surface area contributed by atoms with Crippen molar-refractivity contribution in [3.8, 4) is 5.75 Å². The number of hydrogen-bond acceptors (Lipinski definition) is 8. The number of sulfonamides is 1. The highest BCUT2D eigenvalue weighted by Crippen LogP contribution is 2.36. The minimum absolute atomic E-state index is 0.0583. The summed E-state index contributed by atoms with van der Waals surface area (Å²) in [7, 11) is -2.16. The van der Waals surface area contributed by atoms with Gasteiger partial charge in [0.15, 0.2) is 0 Å². The minimum atomic E-state index is -3.74. The average Bonchev–Trinajstić information content (AvgIpc) is 3.57. The maximum atomic E-state index is 13.9. The monoisotopic (exact) mass is 642 g/mol.